The predicted octanol–water partition coefficient (Wildman–Crippen LogP) is 0.759. The lowest BCUT2D eigenvalue weighted by atomic mass is 10.4. The van der Waals surface area contributed by atoms with Gasteiger partial charge in [-0.2, -0.15) is 0 Å². The molecule has 19 heavy (non-hydrogen) atoms. The summed E-state index contributed by atoms with van der Waals surface area (Å²) >= 11 is 0. The van der Waals surface area contributed by atoms with Crippen LogP contribution in [-0.4, -0.2) is 33.2 Å². The summed E-state index contributed by atoms with van der Waals surface area (Å²) in [7, 11) is -3.58. The molecule has 1 aliphatic rings. The highest BCUT2D eigenvalue weighted by molar-refractivity contribution is 7.89. The standard InChI is InChI=1S/C12H19N3O3S/c13-11-4-6-14-8-12(11)19(16,17)15-5-1-7-18-9-10-2-3-10/h4,6,8,10,15H,1-3,5,7,9H2,(H2,13,14). The molecule has 0 aliphatic heterocycles. The second-order valence-corrected chi connectivity index (χ2v) is 6.42. The molecule has 1 heterocycles. The van der Waals surface area contributed by atoms with E-state index in [2.05, 4.69) is 9.71 Å². The molecular weight excluding hydrogens is 266 g/mol. The quantitative estimate of drug-likeness (QED) is 0.688. The highest BCUT2D eigenvalue weighted by Crippen LogP contribution is 2.28. The summed E-state index contributed by atoms with van der Waals surface area (Å²) < 4.78 is 31.8. The highest BCUT2D eigenvalue weighted by Gasteiger charge is 2.21. The molecular formula is C12H19N3O3S. The Hall–Kier alpha value is -1.18. The first-order valence-corrected chi connectivity index (χ1v) is 7.85. The van der Waals surface area contributed by atoms with E-state index in [1.54, 1.807) is 0 Å². The van der Waals surface area contributed by atoms with Crippen molar-refractivity contribution in [2.45, 2.75) is 24.2 Å². The Morgan fingerprint density at radius 1 is 1.47 bits per heavy atom. The normalized spacial score (nSPS) is 15.6. The zero-order valence-corrected chi connectivity index (χ0v) is 11.5. The number of hydrogen-bond acceptors (Lipinski definition) is 5. The number of ether oxygens (including phenoxy) is 1. The maximum absolute atomic E-state index is 11.9. The van der Waals surface area contributed by atoms with E-state index in [1.807, 2.05) is 0 Å². The lowest BCUT2D eigenvalue weighted by molar-refractivity contribution is 0.123. The fourth-order valence-electron chi connectivity index (χ4n) is 1.61. The smallest absolute Gasteiger partial charge is 0.244 e. The molecule has 0 amide bonds. The van der Waals surface area contributed by atoms with Gasteiger partial charge in [-0.3, -0.25) is 4.98 Å². The summed E-state index contributed by atoms with van der Waals surface area (Å²) in [4.78, 5) is 3.79. The monoisotopic (exact) mass is 285 g/mol. The summed E-state index contributed by atoms with van der Waals surface area (Å²) in [6.45, 7) is 1.70. The number of nitrogens with zero attached hydrogens (tertiary/aromatic N) is 1. The molecule has 0 spiro atoms. The predicted molar refractivity (Wildman–Crippen MR) is 72.0 cm³/mol. The number of aromatic nitrogens is 1. The summed E-state index contributed by atoms with van der Waals surface area (Å²) in [5.41, 5.74) is 5.82. The zero-order chi connectivity index (χ0) is 13.7. The van der Waals surface area contributed by atoms with Crippen LogP contribution in [0, 0.1) is 5.92 Å². The molecule has 106 valence electrons. The molecule has 3 N–H and O–H groups in total. The molecule has 0 atom stereocenters. The van der Waals surface area contributed by atoms with E-state index in [4.69, 9.17) is 10.5 Å². The van der Waals surface area contributed by atoms with Crippen molar-refractivity contribution in [1.82, 2.24) is 9.71 Å². The van der Waals surface area contributed by atoms with Gasteiger partial charge in [-0.15, -0.1) is 0 Å². The molecule has 1 aliphatic carbocycles. The van der Waals surface area contributed by atoms with Crippen molar-refractivity contribution < 1.29 is 13.2 Å². The third kappa shape index (κ3) is 4.45. The minimum atomic E-state index is -3.58. The Bertz CT molecular complexity index is 515. The fraction of sp³-hybridized carbons (Fsp3) is 0.583. The first kappa shape index (κ1) is 14.2. The molecule has 1 fully saturated rings. The molecule has 7 heteroatoms. The summed E-state index contributed by atoms with van der Waals surface area (Å²) in [6.07, 6.45) is 5.87. The maximum atomic E-state index is 11.9. The van der Waals surface area contributed by atoms with Gasteiger partial charge in [0.25, 0.3) is 0 Å². The molecule has 0 radical (unpaired) electrons. The van der Waals surface area contributed by atoms with E-state index in [0.717, 1.165) is 12.5 Å². The number of nitrogen functional groups attached to an aromatic ring is 1. The van der Waals surface area contributed by atoms with Crippen molar-refractivity contribution in [3.05, 3.63) is 18.5 Å². The van der Waals surface area contributed by atoms with Gasteiger partial charge < -0.3 is 10.5 Å². The van der Waals surface area contributed by atoms with Gasteiger partial charge in [0.1, 0.15) is 4.90 Å². The van der Waals surface area contributed by atoms with Gasteiger partial charge in [0.15, 0.2) is 0 Å². The average Bonchev–Trinajstić information content (AvgIpc) is 3.18. The van der Waals surface area contributed by atoms with Gasteiger partial charge in [0, 0.05) is 32.2 Å². The van der Waals surface area contributed by atoms with Crippen molar-refractivity contribution in [2.24, 2.45) is 5.92 Å². The van der Waals surface area contributed by atoms with E-state index in [-0.39, 0.29) is 10.6 Å². The number of rotatable bonds is 8. The minimum Gasteiger partial charge on any atom is -0.398 e. The van der Waals surface area contributed by atoms with Crippen LogP contribution in [0.1, 0.15) is 19.3 Å². The Balaban J connectivity index is 1.73. The largest absolute Gasteiger partial charge is 0.398 e. The second-order valence-electron chi connectivity index (χ2n) is 4.68. The molecule has 0 unspecified atom stereocenters. The lowest BCUT2D eigenvalue weighted by Crippen LogP contribution is -2.26. The van der Waals surface area contributed by atoms with Gasteiger partial charge in [-0.1, -0.05) is 0 Å². The fourth-order valence-corrected chi connectivity index (χ4v) is 2.75. The Morgan fingerprint density at radius 3 is 2.95 bits per heavy atom. The van der Waals surface area contributed by atoms with Crippen LogP contribution in [-0.2, 0) is 14.8 Å². The molecule has 0 saturated heterocycles. The Labute approximate surface area is 113 Å². The number of nitrogens with one attached hydrogen (secondary N) is 1. The third-order valence-corrected chi connectivity index (χ3v) is 4.42. The van der Waals surface area contributed by atoms with Gasteiger partial charge in [0.05, 0.1) is 5.69 Å². The number of pyridine rings is 1. The molecule has 0 bridgehead atoms. The van der Waals surface area contributed by atoms with Gasteiger partial charge in [-0.05, 0) is 31.2 Å². The minimum absolute atomic E-state index is 0.0221. The number of hydrogen-bond donors (Lipinski definition) is 2. The van der Waals surface area contributed by atoms with Gasteiger partial charge in [0.2, 0.25) is 10.0 Å². The molecule has 1 aromatic heterocycles. The number of nitrogens with two attached hydrogens (primary N) is 1. The van der Waals surface area contributed by atoms with Crippen molar-refractivity contribution >= 4 is 15.7 Å². The summed E-state index contributed by atoms with van der Waals surface area (Å²) in [5, 5.41) is 0. The van der Waals surface area contributed by atoms with Crippen LogP contribution in [0.4, 0.5) is 5.69 Å². The lowest BCUT2D eigenvalue weighted by Gasteiger charge is -2.08. The molecule has 1 aromatic rings. The summed E-state index contributed by atoms with van der Waals surface area (Å²) in [5.74, 6) is 0.729. The van der Waals surface area contributed by atoms with Crippen LogP contribution in [0.25, 0.3) is 0 Å². The highest BCUT2D eigenvalue weighted by atomic mass is 32.2. The first-order chi connectivity index (χ1) is 9.09. The van der Waals surface area contributed by atoms with Crippen LogP contribution in [0.5, 0.6) is 0 Å². The van der Waals surface area contributed by atoms with Crippen LogP contribution in [0.3, 0.4) is 0 Å². The van der Waals surface area contributed by atoms with Gasteiger partial charge in [-0.25, -0.2) is 13.1 Å². The van der Waals surface area contributed by atoms with E-state index in [0.29, 0.717) is 19.6 Å². The van der Waals surface area contributed by atoms with Crippen molar-refractivity contribution in [3.8, 4) is 0 Å². The van der Waals surface area contributed by atoms with Crippen molar-refractivity contribution in [3.63, 3.8) is 0 Å². The van der Waals surface area contributed by atoms with Crippen LogP contribution >= 0.6 is 0 Å². The molecule has 6 nitrogen and oxygen atoms in total. The Kier molecular flexibility index (Phi) is 4.73. The molecule has 0 aromatic carbocycles. The van der Waals surface area contributed by atoms with E-state index in [1.165, 1.54) is 31.3 Å². The Morgan fingerprint density at radius 2 is 2.26 bits per heavy atom. The first-order valence-electron chi connectivity index (χ1n) is 6.36. The number of anilines is 1. The van der Waals surface area contributed by atoms with Crippen molar-refractivity contribution in [1.29, 1.82) is 0 Å². The van der Waals surface area contributed by atoms with E-state index >= 15 is 0 Å². The summed E-state index contributed by atoms with van der Waals surface area (Å²) in [6, 6.07) is 1.47. The van der Waals surface area contributed by atoms with Crippen molar-refractivity contribution in [2.75, 3.05) is 25.5 Å². The van der Waals surface area contributed by atoms with Crippen LogP contribution in [0.15, 0.2) is 23.4 Å². The van der Waals surface area contributed by atoms with Crippen LogP contribution < -0.4 is 10.5 Å². The van der Waals surface area contributed by atoms with Crippen LogP contribution in [0.2, 0.25) is 0 Å². The molecule has 2 rings (SSSR count). The average molecular weight is 285 g/mol. The zero-order valence-electron chi connectivity index (χ0n) is 10.7. The molecule has 1 saturated carbocycles. The third-order valence-electron chi connectivity index (χ3n) is 2.91. The maximum Gasteiger partial charge on any atom is 0.244 e. The van der Waals surface area contributed by atoms with Gasteiger partial charge >= 0.3 is 0 Å². The van der Waals surface area contributed by atoms with E-state index < -0.39 is 10.0 Å². The SMILES string of the molecule is Nc1ccncc1S(=O)(=O)NCCCOCC1CC1. The number of sulfonamides is 1. The second kappa shape index (κ2) is 6.31. The topological polar surface area (TPSA) is 94.3 Å². The van der Waals surface area contributed by atoms with E-state index in [9.17, 15) is 8.42 Å².